The van der Waals surface area contributed by atoms with Gasteiger partial charge < -0.3 is 9.80 Å². The third-order valence-electron chi connectivity index (χ3n) is 12.9. The molecule has 0 fully saturated rings. The Morgan fingerprint density at radius 3 is 1.68 bits per heavy atom. The van der Waals surface area contributed by atoms with Crippen molar-refractivity contribution in [2.75, 3.05) is 9.80 Å². The fraction of sp³-hybridized carbons (Fsp3) is 0.0690. The van der Waals surface area contributed by atoms with Gasteiger partial charge in [-0.15, -0.1) is 0 Å². The zero-order chi connectivity index (χ0) is 41.0. The van der Waals surface area contributed by atoms with Gasteiger partial charge in [-0.3, -0.25) is 0 Å². The molecule has 0 spiro atoms. The van der Waals surface area contributed by atoms with Gasteiger partial charge in [0.05, 0.1) is 6.04 Å². The predicted molar refractivity (Wildman–Crippen MR) is 269 cm³/mol. The van der Waals surface area contributed by atoms with Crippen molar-refractivity contribution in [2.24, 2.45) is 0 Å². The summed E-state index contributed by atoms with van der Waals surface area (Å²) < 4.78 is 0. The first kappa shape index (κ1) is 37.0. The van der Waals surface area contributed by atoms with Crippen LogP contribution in [0, 0.1) is 0 Å². The highest BCUT2D eigenvalue weighted by molar-refractivity contribution is 7.64. The predicted octanol–water partition coefficient (Wildman–Crippen LogP) is 15.6. The number of hydrogen-bond acceptors (Lipinski definition) is 2. The minimum Gasteiger partial charge on any atom is -0.334 e. The van der Waals surface area contributed by atoms with Gasteiger partial charge in [0.2, 0.25) is 0 Å². The maximum atomic E-state index is 2.64. The van der Waals surface area contributed by atoms with E-state index in [1.54, 1.807) is 0 Å². The molecule has 0 radical (unpaired) electrons. The van der Waals surface area contributed by atoms with E-state index in [2.05, 4.69) is 240 Å². The first-order valence-corrected chi connectivity index (χ1v) is 24.4. The lowest BCUT2D eigenvalue weighted by atomic mass is 9.80. The maximum Gasteiger partial charge on any atom is 0.0559 e. The fourth-order valence-electron chi connectivity index (χ4n) is 10.3. The molecule has 2 heterocycles. The molecule has 2 nitrogen and oxygen atoms in total. The molecule has 0 aliphatic heterocycles. The molecular formula is C58H44N2P2. The Morgan fingerprint density at radius 2 is 1.03 bits per heavy atom. The van der Waals surface area contributed by atoms with E-state index in [9.17, 15) is 0 Å². The highest BCUT2D eigenvalue weighted by Gasteiger charge is 2.32. The summed E-state index contributed by atoms with van der Waals surface area (Å²) in [4.78, 5) is 6.47. The standard InChI is InChI=1S/C58H44N2P2/c1-7-19-41(20-8-1)59(42-21-9-2-10-22-42)45-31-33-51-55(39-45)61(47-27-15-5-16-28-47)53-37-35-50-49(57(51)53)36-38-54-58(50)52-34-32-46(40-56(52)62(54)48-29-17-6-18-30-48)60(43-23-11-3-12-24-43)44-25-13-4-14-26-44/h1-25,27-35,37-40,44,49H,26,36H2. The van der Waals surface area contributed by atoms with Gasteiger partial charge in [0.1, 0.15) is 0 Å². The van der Waals surface area contributed by atoms with Crippen LogP contribution >= 0.6 is 15.1 Å². The van der Waals surface area contributed by atoms with Crippen LogP contribution in [0.3, 0.4) is 0 Å². The Hall–Kier alpha value is -6.82. The van der Waals surface area contributed by atoms with Crippen molar-refractivity contribution >= 4 is 82.2 Å². The second-order valence-electron chi connectivity index (χ2n) is 16.4. The number of allylic oxidation sites excluding steroid dienone is 3. The van der Waals surface area contributed by atoms with Crippen molar-refractivity contribution in [3.63, 3.8) is 0 Å². The second kappa shape index (κ2) is 15.6. The molecule has 0 saturated carbocycles. The second-order valence-corrected chi connectivity index (χ2v) is 20.7. The van der Waals surface area contributed by atoms with E-state index in [0.717, 1.165) is 24.2 Å². The van der Waals surface area contributed by atoms with Crippen LogP contribution in [0.15, 0.2) is 218 Å². The largest absolute Gasteiger partial charge is 0.334 e. The van der Waals surface area contributed by atoms with Crippen LogP contribution in [0.2, 0.25) is 0 Å². The minimum absolute atomic E-state index is 0.249. The molecule has 0 saturated heterocycles. The zero-order valence-corrected chi connectivity index (χ0v) is 36.1. The quantitative estimate of drug-likeness (QED) is 0.151. The lowest BCUT2D eigenvalue weighted by molar-refractivity contribution is 0.785. The molecule has 9 aromatic rings. The number of benzene rings is 7. The average Bonchev–Trinajstić information content (AvgIpc) is 3.86. The summed E-state index contributed by atoms with van der Waals surface area (Å²) in [5.74, 6) is 0.284. The van der Waals surface area contributed by atoms with Gasteiger partial charge >= 0.3 is 0 Å². The van der Waals surface area contributed by atoms with Gasteiger partial charge in [0.15, 0.2) is 0 Å². The van der Waals surface area contributed by atoms with Gasteiger partial charge in [-0.2, -0.15) is 0 Å². The highest BCUT2D eigenvalue weighted by atomic mass is 31.1. The fourth-order valence-corrected chi connectivity index (χ4v) is 15.8. The van der Waals surface area contributed by atoms with E-state index in [1.807, 2.05) is 0 Å². The van der Waals surface area contributed by atoms with Gasteiger partial charge in [0, 0.05) is 54.8 Å². The van der Waals surface area contributed by atoms with E-state index in [1.165, 1.54) is 75.3 Å². The SMILES string of the molecule is C1=CCC(N(c2ccccc2)c2ccc3c4c(p(-c5ccccc5)c3c2)=CCC2C=4C=Cc3c2c2ccc(N(c4ccccc4)c4ccccc4)cc2p3-c2ccccc2)C=C1. The van der Waals surface area contributed by atoms with Crippen LogP contribution in [0.4, 0.5) is 28.4 Å². The summed E-state index contributed by atoms with van der Waals surface area (Å²) in [6.45, 7) is 0. The third-order valence-corrected chi connectivity index (χ3v) is 18.0. The lowest BCUT2D eigenvalue weighted by Gasteiger charge is -2.32. The Kier molecular flexibility index (Phi) is 9.29. The Labute approximate surface area is 365 Å². The molecule has 62 heavy (non-hydrogen) atoms. The Morgan fingerprint density at radius 1 is 0.468 bits per heavy atom. The minimum atomic E-state index is -0.765. The van der Waals surface area contributed by atoms with Crippen LogP contribution in [0.25, 0.3) is 49.3 Å². The summed E-state index contributed by atoms with van der Waals surface area (Å²) in [6.07, 6.45) is 18.7. The van der Waals surface area contributed by atoms with E-state index >= 15 is 0 Å². The summed E-state index contributed by atoms with van der Waals surface area (Å²) in [7, 11) is -1.51. The van der Waals surface area contributed by atoms with Crippen molar-refractivity contribution in [3.05, 3.63) is 239 Å². The van der Waals surface area contributed by atoms with E-state index in [-0.39, 0.29) is 12.0 Å². The average molecular weight is 831 g/mol. The molecule has 3 aliphatic carbocycles. The van der Waals surface area contributed by atoms with Crippen LogP contribution in [0.5, 0.6) is 0 Å². The van der Waals surface area contributed by atoms with E-state index < -0.39 is 15.1 Å². The van der Waals surface area contributed by atoms with Crippen LogP contribution in [-0.2, 0) is 0 Å². The Balaban J connectivity index is 1.08. The zero-order valence-electron chi connectivity index (χ0n) is 34.3. The van der Waals surface area contributed by atoms with Crippen LogP contribution in [0.1, 0.15) is 29.6 Å². The molecule has 3 aliphatic rings. The number of para-hydroxylation sites is 3. The van der Waals surface area contributed by atoms with Gasteiger partial charge in [0.25, 0.3) is 0 Å². The molecule has 4 heteroatoms. The molecule has 296 valence electrons. The van der Waals surface area contributed by atoms with Gasteiger partial charge in [-0.1, -0.05) is 185 Å². The molecule has 2 aromatic heterocycles. The van der Waals surface area contributed by atoms with Crippen molar-refractivity contribution in [1.29, 1.82) is 0 Å². The normalized spacial score (nSPS) is 16.7. The van der Waals surface area contributed by atoms with E-state index in [0.29, 0.717) is 0 Å². The molecule has 7 aromatic carbocycles. The molecule has 0 amide bonds. The first-order valence-electron chi connectivity index (χ1n) is 21.7. The maximum absolute atomic E-state index is 2.64. The van der Waals surface area contributed by atoms with Crippen molar-refractivity contribution in [1.82, 2.24) is 0 Å². The summed E-state index contributed by atoms with van der Waals surface area (Å²) >= 11 is 0. The molecule has 0 bridgehead atoms. The molecule has 4 unspecified atom stereocenters. The van der Waals surface area contributed by atoms with Gasteiger partial charge in [-0.25, -0.2) is 0 Å². The van der Waals surface area contributed by atoms with Crippen LogP contribution in [-0.4, -0.2) is 6.04 Å². The number of rotatable bonds is 8. The number of nitrogens with zero attached hydrogens (tertiary/aromatic N) is 2. The van der Waals surface area contributed by atoms with E-state index in [4.69, 9.17) is 0 Å². The van der Waals surface area contributed by atoms with Crippen molar-refractivity contribution in [2.45, 2.75) is 24.8 Å². The van der Waals surface area contributed by atoms with Crippen LogP contribution < -0.4 is 20.0 Å². The molecule has 4 atom stereocenters. The summed E-state index contributed by atoms with van der Waals surface area (Å²) in [6, 6.07) is 70.1. The molecule has 12 rings (SSSR count). The number of hydrogen-bond donors (Lipinski definition) is 0. The van der Waals surface area contributed by atoms with Crippen molar-refractivity contribution in [3.8, 4) is 10.6 Å². The topological polar surface area (TPSA) is 6.48 Å². The van der Waals surface area contributed by atoms with Crippen molar-refractivity contribution < 1.29 is 0 Å². The lowest BCUT2D eigenvalue weighted by Crippen LogP contribution is -2.30. The summed E-state index contributed by atoms with van der Waals surface area (Å²) in [5.41, 5.74) is 8.99. The molecule has 0 N–H and O–H groups in total. The monoisotopic (exact) mass is 830 g/mol. The highest BCUT2D eigenvalue weighted by Crippen LogP contribution is 2.60. The van der Waals surface area contributed by atoms with Gasteiger partial charge in [-0.05, 0) is 111 Å². The summed E-state index contributed by atoms with van der Waals surface area (Å²) in [5, 5.41) is 11.5. The number of anilines is 5. The first-order chi connectivity index (χ1) is 30.8. The smallest absolute Gasteiger partial charge is 0.0559 e. The Bertz CT molecular complexity index is 3300. The third kappa shape index (κ3) is 6.17. The number of fused-ring (bicyclic) bond motifs is 8. The molecular weight excluding hydrogens is 787 g/mol.